The van der Waals surface area contributed by atoms with Crippen molar-refractivity contribution in [1.82, 2.24) is 4.90 Å². The van der Waals surface area contributed by atoms with Gasteiger partial charge in [-0.15, -0.1) is 0 Å². The molecule has 1 atom stereocenters. The van der Waals surface area contributed by atoms with Crippen LogP contribution < -0.4 is 0 Å². The van der Waals surface area contributed by atoms with Crippen LogP contribution in [0.25, 0.3) is 0 Å². The standard InChI is InChI=1S/C22H31NO.C2H2O4/c1-17(2)23(18(3)4)16-21(24)15-22(19-11-7-5-8-12-19)20-13-9-6-10-14-20;3-1(4)2(5)6/h5-14,17-18,21-22,24H,15-16H2,1-4H3;(H,3,4)(H,5,6). The zero-order valence-corrected chi connectivity index (χ0v) is 18.1. The number of carboxylic acid groups (broad SMARTS) is 2. The second-order valence-electron chi connectivity index (χ2n) is 7.76. The van der Waals surface area contributed by atoms with E-state index in [0.29, 0.717) is 18.6 Å². The molecule has 6 nitrogen and oxygen atoms in total. The third-order valence-electron chi connectivity index (χ3n) is 4.84. The van der Waals surface area contributed by atoms with Crippen molar-refractivity contribution < 1.29 is 24.9 Å². The number of aliphatic hydroxyl groups excluding tert-OH is 1. The Kier molecular flexibility index (Phi) is 10.8. The van der Waals surface area contributed by atoms with Gasteiger partial charge in [-0.25, -0.2) is 9.59 Å². The summed E-state index contributed by atoms with van der Waals surface area (Å²) in [6.45, 7) is 9.49. The largest absolute Gasteiger partial charge is 0.473 e. The van der Waals surface area contributed by atoms with Gasteiger partial charge in [0.1, 0.15) is 0 Å². The first-order chi connectivity index (χ1) is 14.1. The number of aliphatic hydroxyl groups is 1. The number of rotatable bonds is 8. The first-order valence-electron chi connectivity index (χ1n) is 10.1. The zero-order chi connectivity index (χ0) is 22.7. The lowest BCUT2D eigenvalue weighted by Gasteiger charge is -2.33. The SMILES string of the molecule is CC(C)N(CC(O)CC(c1ccccc1)c1ccccc1)C(C)C.O=C(O)C(=O)O. The maximum atomic E-state index is 10.8. The Morgan fingerprint density at radius 2 is 1.13 bits per heavy atom. The van der Waals surface area contributed by atoms with E-state index in [9.17, 15) is 5.11 Å². The van der Waals surface area contributed by atoms with E-state index in [1.807, 2.05) is 12.1 Å². The van der Waals surface area contributed by atoms with Crippen molar-refractivity contribution in [1.29, 1.82) is 0 Å². The van der Waals surface area contributed by atoms with E-state index in [1.165, 1.54) is 11.1 Å². The lowest BCUT2D eigenvalue weighted by molar-refractivity contribution is -0.159. The van der Waals surface area contributed by atoms with Crippen LogP contribution in [0.4, 0.5) is 0 Å². The Labute approximate surface area is 178 Å². The molecule has 0 bridgehead atoms. The van der Waals surface area contributed by atoms with Gasteiger partial charge in [-0.05, 0) is 45.2 Å². The molecule has 2 aromatic rings. The lowest BCUT2D eigenvalue weighted by Crippen LogP contribution is -2.42. The zero-order valence-electron chi connectivity index (χ0n) is 18.1. The predicted molar refractivity (Wildman–Crippen MR) is 118 cm³/mol. The smallest absolute Gasteiger partial charge is 0.414 e. The van der Waals surface area contributed by atoms with Gasteiger partial charge in [0, 0.05) is 24.5 Å². The van der Waals surface area contributed by atoms with E-state index in [1.54, 1.807) is 0 Å². The highest BCUT2D eigenvalue weighted by Crippen LogP contribution is 2.29. The Bertz CT molecular complexity index is 702. The molecule has 164 valence electrons. The number of carbonyl (C=O) groups is 2. The quantitative estimate of drug-likeness (QED) is 0.567. The van der Waals surface area contributed by atoms with Gasteiger partial charge >= 0.3 is 11.9 Å². The topological polar surface area (TPSA) is 98.1 Å². The molecule has 2 aromatic carbocycles. The minimum Gasteiger partial charge on any atom is -0.473 e. The number of nitrogens with zero attached hydrogens (tertiary/aromatic N) is 1. The van der Waals surface area contributed by atoms with Gasteiger partial charge in [-0.2, -0.15) is 0 Å². The summed E-state index contributed by atoms with van der Waals surface area (Å²) in [6, 6.07) is 21.9. The second kappa shape index (κ2) is 12.8. The fourth-order valence-electron chi connectivity index (χ4n) is 3.44. The van der Waals surface area contributed by atoms with Crippen molar-refractivity contribution in [3.05, 3.63) is 71.8 Å². The average molecular weight is 416 g/mol. The average Bonchev–Trinajstić information content (AvgIpc) is 2.71. The molecule has 0 radical (unpaired) electrons. The molecule has 0 fully saturated rings. The van der Waals surface area contributed by atoms with Gasteiger partial charge in [0.05, 0.1) is 6.10 Å². The van der Waals surface area contributed by atoms with Crippen LogP contribution in [-0.4, -0.2) is 56.9 Å². The number of aliphatic carboxylic acids is 2. The first kappa shape index (κ1) is 25.3. The van der Waals surface area contributed by atoms with Crippen LogP contribution in [0.5, 0.6) is 0 Å². The molecule has 0 aliphatic carbocycles. The van der Waals surface area contributed by atoms with E-state index < -0.39 is 11.9 Å². The summed E-state index contributed by atoms with van der Waals surface area (Å²) in [5.41, 5.74) is 2.53. The van der Waals surface area contributed by atoms with Crippen LogP contribution in [0.2, 0.25) is 0 Å². The van der Waals surface area contributed by atoms with E-state index in [4.69, 9.17) is 19.8 Å². The maximum Gasteiger partial charge on any atom is 0.414 e. The predicted octanol–water partition coefficient (Wildman–Crippen LogP) is 3.84. The monoisotopic (exact) mass is 415 g/mol. The van der Waals surface area contributed by atoms with Crippen LogP contribution in [0.3, 0.4) is 0 Å². The highest BCUT2D eigenvalue weighted by Gasteiger charge is 2.22. The Morgan fingerprint density at radius 3 is 1.43 bits per heavy atom. The summed E-state index contributed by atoms with van der Waals surface area (Å²) in [4.78, 5) is 20.6. The Morgan fingerprint density at radius 1 is 0.767 bits per heavy atom. The molecule has 0 spiro atoms. The van der Waals surface area contributed by atoms with E-state index >= 15 is 0 Å². The van der Waals surface area contributed by atoms with Gasteiger partial charge in [-0.1, -0.05) is 60.7 Å². The van der Waals surface area contributed by atoms with Crippen molar-refractivity contribution in [2.75, 3.05) is 6.54 Å². The minimum absolute atomic E-state index is 0.226. The molecule has 0 aromatic heterocycles. The van der Waals surface area contributed by atoms with Gasteiger partial charge in [-0.3, -0.25) is 4.90 Å². The molecule has 2 rings (SSSR count). The van der Waals surface area contributed by atoms with Crippen LogP contribution in [0.1, 0.15) is 51.2 Å². The van der Waals surface area contributed by atoms with Gasteiger partial charge in [0.25, 0.3) is 0 Å². The normalized spacial score (nSPS) is 12.0. The number of benzene rings is 2. The van der Waals surface area contributed by atoms with Gasteiger partial charge < -0.3 is 15.3 Å². The molecule has 0 saturated heterocycles. The molecule has 3 N–H and O–H groups in total. The molecule has 0 heterocycles. The molecule has 0 aliphatic heterocycles. The summed E-state index contributed by atoms with van der Waals surface area (Å²) in [5.74, 6) is -3.42. The fourth-order valence-corrected chi connectivity index (χ4v) is 3.44. The maximum absolute atomic E-state index is 10.8. The molecule has 6 heteroatoms. The van der Waals surface area contributed by atoms with Crippen LogP contribution in [0.15, 0.2) is 60.7 Å². The molecule has 0 aliphatic rings. The van der Waals surface area contributed by atoms with E-state index in [0.717, 1.165) is 6.42 Å². The van der Waals surface area contributed by atoms with Crippen LogP contribution in [-0.2, 0) is 9.59 Å². The van der Waals surface area contributed by atoms with Crippen LogP contribution in [0, 0.1) is 0 Å². The third kappa shape index (κ3) is 8.76. The van der Waals surface area contributed by atoms with Gasteiger partial charge in [0.2, 0.25) is 0 Å². The van der Waals surface area contributed by atoms with E-state index in [2.05, 4.69) is 81.1 Å². The number of carboxylic acids is 2. The van der Waals surface area contributed by atoms with E-state index in [-0.39, 0.29) is 12.0 Å². The van der Waals surface area contributed by atoms with Crippen molar-refractivity contribution in [2.24, 2.45) is 0 Å². The molecule has 0 saturated carbocycles. The summed E-state index contributed by atoms with van der Waals surface area (Å²) in [6.07, 6.45) is 0.393. The fraction of sp³-hybridized carbons (Fsp3) is 0.417. The van der Waals surface area contributed by atoms with Crippen molar-refractivity contribution >= 4 is 11.9 Å². The Balaban J connectivity index is 0.000000656. The minimum atomic E-state index is -1.82. The molecular weight excluding hydrogens is 382 g/mol. The number of hydrogen-bond donors (Lipinski definition) is 3. The number of hydrogen-bond acceptors (Lipinski definition) is 4. The van der Waals surface area contributed by atoms with Crippen LogP contribution >= 0.6 is 0 Å². The van der Waals surface area contributed by atoms with Crippen molar-refractivity contribution in [3.8, 4) is 0 Å². The third-order valence-corrected chi connectivity index (χ3v) is 4.84. The molecule has 1 unspecified atom stereocenters. The summed E-state index contributed by atoms with van der Waals surface area (Å²) >= 11 is 0. The highest BCUT2D eigenvalue weighted by molar-refractivity contribution is 6.27. The lowest BCUT2D eigenvalue weighted by atomic mass is 9.86. The summed E-state index contributed by atoms with van der Waals surface area (Å²) < 4.78 is 0. The second-order valence-corrected chi connectivity index (χ2v) is 7.76. The molecule has 30 heavy (non-hydrogen) atoms. The highest BCUT2D eigenvalue weighted by atomic mass is 16.4. The molecule has 0 amide bonds. The van der Waals surface area contributed by atoms with Gasteiger partial charge in [0.15, 0.2) is 0 Å². The summed E-state index contributed by atoms with van der Waals surface area (Å²) in [5, 5.41) is 25.6. The Hall–Kier alpha value is -2.70. The van der Waals surface area contributed by atoms with Crippen molar-refractivity contribution in [3.63, 3.8) is 0 Å². The summed E-state index contributed by atoms with van der Waals surface area (Å²) in [7, 11) is 0. The van der Waals surface area contributed by atoms with Crippen molar-refractivity contribution in [2.45, 2.75) is 58.2 Å². The molecular formula is C24H33NO5. The first-order valence-corrected chi connectivity index (χ1v) is 10.1.